The standard InChI is InChI=1S/C21H25N5O8S/c22-20(23)14-8-10-15(11-9-14)34-12-4-3-7-19(27)24-13-16(21(28)29)25-35(32,33)18-6-2-1-5-17(18)26(30)31/h1-2,5-6,8-11,16,25H,3-4,7,12-13H2,(H3,22,23)(H,24,27)(H,28,29). The highest BCUT2D eigenvalue weighted by atomic mass is 32.2. The molecule has 2 rings (SSSR count). The number of amides is 1. The van der Waals surface area contributed by atoms with Crippen LogP contribution in [0.25, 0.3) is 0 Å². The number of rotatable bonds is 14. The summed E-state index contributed by atoms with van der Waals surface area (Å²) < 4.78 is 32.4. The largest absolute Gasteiger partial charge is 0.494 e. The summed E-state index contributed by atoms with van der Waals surface area (Å²) in [5.74, 6) is -1.53. The number of nitro benzene ring substituents is 1. The molecule has 188 valence electrons. The second-order valence-corrected chi connectivity index (χ2v) is 8.97. The summed E-state index contributed by atoms with van der Waals surface area (Å²) in [5, 5.41) is 30.1. The number of hydrogen-bond donors (Lipinski definition) is 5. The number of carbonyl (C=O) groups excluding carboxylic acids is 1. The summed E-state index contributed by atoms with van der Waals surface area (Å²) in [4.78, 5) is 33.0. The lowest BCUT2D eigenvalue weighted by atomic mass is 10.2. The van der Waals surface area contributed by atoms with Gasteiger partial charge in [-0.25, -0.2) is 8.42 Å². The van der Waals surface area contributed by atoms with Crippen molar-refractivity contribution in [2.45, 2.75) is 30.2 Å². The Labute approximate surface area is 201 Å². The Bertz CT molecular complexity index is 1180. The summed E-state index contributed by atoms with van der Waals surface area (Å²) in [7, 11) is -4.55. The van der Waals surface area contributed by atoms with Crippen molar-refractivity contribution >= 4 is 33.4 Å². The number of carbonyl (C=O) groups is 2. The number of nitro groups is 1. The molecule has 2 aromatic rings. The molecule has 0 saturated heterocycles. The molecule has 0 bridgehead atoms. The lowest BCUT2D eigenvalue weighted by Gasteiger charge is -2.15. The van der Waals surface area contributed by atoms with Gasteiger partial charge < -0.3 is 20.9 Å². The smallest absolute Gasteiger partial charge is 0.323 e. The average molecular weight is 508 g/mol. The summed E-state index contributed by atoms with van der Waals surface area (Å²) >= 11 is 0. The average Bonchev–Trinajstić information content (AvgIpc) is 2.81. The number of nitrogen functional groups attached to an aromatic ring is 1. The van der Waals surface area contributed by atoms with Crippen molar-refractivity contribution in [3.05, 3.63) is 64.2 Å². The maximum Gasteiger partial charge on any atom is 0.323 e. The Hall–Kier alpha value is -4.04. The van der Waals surface area contributed by atoms with Gasteiger partial charge in [-0.3, -0.25) is 25.1 Å². The van der Waals surface area contributed by atoms with Gasteiger partial charge in [-0.05, 0) is 43.2 Å². The predicted octanol–water partition coefficient (Wildman–Crippen LogP) is 0.976. The lowest BCUT2D eigenvalue weighted by molar-refractivity contribution is -0.387. The van der Waals surface area contributed by atoms with E-state index in [1.165, 1.54) is 12.1 Å². The van der Waals surface area contributed by atoms with Crippen LogP contribution in [-0.4, -0.2) is 55.4 Å². The molecule has 0 heterocycles. The van der Waals surface area contributed by atoms with Crippen LogP contribution in [0.3, 0.4) is 0 Å². The van der Waals surface area contributed by atoms with Gasteiger partial charge in [-0.1, -0.05) is 12.1 Å². The summed E-state index contributed by atoms with van der Waals surface area (Å²) in [6.07, 6.45) is 1.00. The Morgan fingerprint density at radius 1 is 1.14 bits per heavy atom. The SMILES string of the molecule is N=C(N)c1ccc(OCCCCC(=O)NCC(NS(=O)(=O)c2ccccc2[N+](=O)[O-])C(=O)O)cc1. The molecule has 35 heavy (non-hydrogen) atoms. The highest BCUT2D eigenvalue weighted by Gasteiger charge is 2.30. The van der Waals surface area contributed by atoms with E-state index in [0.29, 0.717) is 30.8 Å². The molecule has 0 fully saturated rings. The molecule has 14 heteroatoms. The van der Waals surface area contributed by atoms with Gasteiger partial charge in [-0.15, -0.1) is 0 Å². The highest BCUT2D eigenvalue weighted by Crippen LogP contribution is 2.22. The van der Waals surface area contributed by atoms with Crippen LogP contribution in [-0.2, 0) is 19.6 Å². The van der Waals surface area contributed by atoms with Crippen molar-refractivity contribution in [2.75, 3.05) is 13.2 Å². The van der Waals surface area contributed by atoms with E-state index in [9.17, 15) is 33.2 Å². The number of carboxylic acid groups (broad SMARTS) is 1. The number of sulfonamides is 1. The third-order valence-electron chi connectivity index (χ3n) is 4.68. The van der Waals surface area contributed by atoms with E-state index in [1.807, 2.05) is 4.72 Å². The molecule has 2 aromatic carbocycles. The monoisotopic (exact) mass is 507 g/mol. The van der Waals surface area contributed by atoms with E-state index in [1.54, 1.807) is 24.3 Å². The van der Waals surface area contributed by atoms with Gasteiger partial charge in [0.15, 0.2) is 4.90 Å². The number of nitrogens with zero attached hydrogens (tertiary/aromatic N) is 1. The second-order valence-electron chi connectivity index (χ2n) is 7.28. The van der Waals surface area contributed by atoms with Gasteiger partial charge >= 0.3 is 5.97 Å². The van der Waals surface area contributed by atoms with Crippen LogP contribution in [0.4, 0.5) is 5.69 Å². The van der Waals surface area contributed by atoms with Crippen molar-refractivity contribution in [3.63, 3.8) is 0 Å². The van der Waals surface area contributed by atoms with E-state index in [4.69, 9.17) is 15.9 Å². The number of amidine groups is 1. The highest BCUT2D eigenvalue weighted by molar-refractivity contribution is 7.89. The van der Waals surface area contributed by atoms with Crippen LogP contribution in [0.2, 0.25) is 0 Å². The van der Waals surface area contributed by atoms with E-state index in [2.05, 4.69) is 5.32 Å². The van der Waals surface area contributed by atoms with Gasteiger partial charge in [-0.2, -0.15) is 4.72 Å². The third-order valence-corrected chi connectivity index (χ3v) is 6.20. The number of nitrogens with two attached hydrogens (primary N) is 1. The first-order valence-electron chi connectivity index (χ1n) is 10.3. The van der Waals surface area contributed by atoms with Crippen LogP contribution in [0.15, 0.2) is 53.4 Å². The molecule has 0 aliphatic carbocycles. The van der Waals surface area contributed by atoms with Gasteiger partial charge in [0.25, 0.3) is 5.69 Å². The molecule has 0 aliphatic heterocycles. The predicted molar refractivity (Wildman–Crippen MR) is 125 cm³/mol. The first-order valence-corrected chi connectivity index (χ1v) is 11.8. The molecule has 0 saturated carbocycles. The fraction of sp³-hybridized carbons (Fsp3) is 0.286. The maximum absolute atomic E-state index is 12.5. The Morgan fingerprint density at radius 2 is 1.80 bits per heavy atom. The zero-order chi connectivity index (χ0) is 26.0. The third kappa shape index (κ3) is 8.35. The van der Waals surface area contributed by atoms with Crippen molar-refractivity contribution < 1.29 is 32.8 Å². The zero-order valence-corrected chi connectivity index (χ0v) is 19.3. The molecular formula is C21H25N5O8S. The minimum absolute atomic E-state index is 0.0515. The first kappa shape index (κ1) is 27.2. The molecular weight excluding hydrogens is 482 g/mol. The molecule has 13 nitrogen and oxygen atoms in total. The van der Waals surface area contributed by atoms with Crippen molar-refractivity contribution in [1.82, 2.24) is 10.0 Å². The van der Waals surface area contributed by atoms with Gasteiger partial charge in [0, 0.05) is 24.6 Å². The summed E-state index contributed by atoms with van der Waals surface area (Å²) in [5.41, 5.74) is 5.24. The number of nitrogens with one attached hydrogen (secondary N) is 3. The number of unbranched alkanes of at least 4 members (excludes halogenated alkanes) is 1. The normalized spacial score (nSPS) is 11.9. The van der Waals surface area contributed by atoms with Crippen molar-refractivity contribution in [1.29, 1.82) is 5.41 Å². The van der Waals surface area contributed by atoms with Crippen LogP contribution in [0, 0.1) is 15.5 Å². The van der Waals surface area contributed by atoms with Crippen LogP contribution >= 0.6 is 0 Å². The molecule has 6 N–H and O–H groups in total. The molecule has 0 spiro atoms. The molecule has 0 radical (unpaired) electrons. The summed E-state index contributed by atoms with van der Waals surface area (Å²) in [6, 6.07) is 9.41. The fourth-order valence-electron chi connectivity index (χ4n) is 2.88. The van der Waals surface area contributed by atoms with Crippen LogP contribution in [0.1, 0.15) is 24.8 Å². The minimum Gasteiger partial charge on any atom is -0.494 e. The summed E-state index contributed by atoms with van der Waals surface area (Å²) in [6.45, 7) is -0.229. The maximum atomic E-state index is 12.5. The first-order chi connectivity index (χ1) is 16.5. The van der Waals surface area contributed by atoms with Crippen molar-refractivity contribution in [3.8, 4) is 5.75 Å². The molecule has 1 amide bonds. The second kappa shape index (κ2) is 12.4. The minimum atomic E-state index is -4.55. The van der Waals surface area contributed by atoms with E-state index >= 15 is 0 Å². The van der Waals surface area contributed by atoms with E-state index in [0.717, 1.165) is 12.1 Å². The van der Waals surface area contributed by atoms with Gasteiger partial charge in [0.2, 0.25) is 15.9 Å². The lowest BCUT2D eigenvalue weighted by Crippen LogP contribution is -2.48. The molecule has 0 aliphatic rings. The zero-order valence-electron chi connectivity index (χ0n) is 18.5. The number of hydrogen-bond acceptors (Lipinski definition) is 8. The number of para-hydroxylation sites is 1. The van der Waals surface area contributed by atoms with Gasteiger partial charge in [0.1, 0.15) is 17.6 Å². The fourth-order valence-corrected chi connectivity index (χ4v) is 4.24. The van der Waals surface area contributed by atoms with Crippen LogP contribution in [0.5, 0.6) is 5.75 Å². The Kier molecular flexibility index (Phi) is 9.66. The topological polar surface area (TPSA) is 215 Å². The van der Waals surface area contributed by atoms with Gasteiger partial charge in [0.05, 0.1) is 11.5 Å². The quantitative estimate of drug-likeness (QED) is 0.0808. The van der Waals surface area contributed by atoms with E-state index < -0.39 is 50.0 Å². The molecule has 1 unspecified atom stereocenters. The number of ether oxygens (including phenoxy) is 1. The number of carboxylic acids is 1. The van der Waals surface area contributed by atoms with E-state index in [-0.39, 0.29) is 12.3 Å². The Balaban J connectivity index is 1.80. The number of aliphatic carboxylic acids is 1. The Morgan fingerprint density at radius 3 is 2.40 bits per heavy atom. The molecule has 1 atom stereocenters. The van der Waals surface area contributed by atoms with Crippen LogP contribution < -0.4 is 20.5 Å². The molecule has 0 aromatic heterocycles. The van der Waals surface area contributed by atoms with Crippen molar-refractivity contribution in [2.24, 2.45) is 5.73 Å². The number of benzene rings is 2.